The maximum Gasteiger partial charge on any atom is 0.237 e. The quantitative estimate of drug-likeness (QED) is 0.892. The number of carbonyl (C=O) groups excluding carboxylic acids is 1. The van der Waals surface area contributed by atoms with Gasteiger partial charge in [-0.1, -0.05) is 24.3 Å². The van der Waals surface area contributed by atoms with Gasteiger partial charge >= 0.3 is 0 Å². The monoisotopic (exact) mass is 304 g/mol. The minimum Gasteiger partial charge on any atom is -0.344 e. The Morgan fingerprint density at radius 3 is 1.68 bits per heavy atom. The van der Waals surface area contributed by atoms with Crippen molar-refractivity contribution in [1.29, 1.82) is 0 Å². The lowest BCUT2D eigenvalue weighted by Crippen LogP contribution is -2.42. The standard InChI is InChI=1S/C17H18F2N2O/c1-11(20-2)17(22)21-16(12-3-7-14(18)8-4-12)13-5-9-15(19)10-6-13/h3-11,16,20H,1-2H3,(H,21,22). The fourth-order valence-corrected chi connectivity index (χ4v) is 2.07. The largest absolute Gasteiger partial charge is 0.344 e. The molecule has 5 heteroatoms. The summed E-state index contributed by atoms with van der Waals surface area (Å²) >= 11 is 0. The average molecular weight is 304 g/mol. The molecular formula is C17H18F2N2O. The van der Waals surface area contributed by atoms with Gasteiger partial charge in [0.2, 0.25) is 5.91 Å². The van der Waals surface area contributed by atoms with Crippen molar-refractivity contribution in [3.05, 3.63) is 71.3 Å². The lowest BCUT2D eigenvalue weighted by atomic mass is 9.98. The number of benzene rings is 2. The Morgan fingerprint density at radius 2 is 1.32 bits per heavy atom. The minimum atomic E-state index is -0.468. The summed E-state index contributed by atoms with van der Waals surface area (Å²) in [6.07, 6.45) is 0. The van der Waals surface area contributed by atoms with Crippen LogP contribution in [-0.2, 0) is 4.79 Å². The van der Waals surface area contributed by atoms with E-state index in [-0.39, 0.29) is 23.6 Å². The molecule has 0 aliphatic heterocycles. The van der Waals surface area contributed by atoms with Gasteiger partial charge in [0, 0.05) is 0 Å². The second kappa shape index (κ2) is 7.13. The van der Waals surface area contributed by atoms with Crippen LogP contribution in [0.4, 0.5) is 8.78 Å². The minimum absolute atomic E-state index is 0.193. The molecule has 1 amide bonds. The number of hydrogen-bond donors (Lipinski definition) is 2. The fraction of sp³-hybridized carbons (Fsp3) is 0.235. The zero-order valence-electron chi connectivity index (χ0n) is 12.4. The Bertz CT molecular complexity index is 581. The van der Waals surface area contributed by atoms with Gasteiger partial charge in [0.25, 0.3) is 0 Å². The molecule has 0 aromatic heterocycles. The summed E-state index contributed by atoms with van der Waals surface area (Å²) in [5.41, 5.74) is 1.45. The molecule has 0 saturated heterocycles. The molecule has 2 aromatic rings. The van der Waals surface area contributed by atoms with Gasteiger partial charge in [-0.15, -0.1) is 0 Å². The van der Waals surface area contributed by atoms with E-state index in [1.165, 1.54) is 24.3 Å². The third-order valence-corrected chi connectivity index (χ3v) is 3.52. The molecule has 2 rings (SSSR count). The Morgan fingerprint density at radius 1 is 0.909 bits per heavy atom. The van der Waals surface area contributed by atoms with Crippen molar-refractivity contribution in [2.75, 3.05) is 7.05 Å². The van der Waals surface area contributed by atoms with Crippen LogP contribution in [-0.4, -0.2) is 19.0 Å². The molecule has 0 aliphatic carbocycles. The lowest BCUT2D eigenvalue weighted by Gasteiger charge is -2.22. The molecular weight excluding hydrogens is 286 g/mol. The van der Waals surface area contributed by atoms with Crippen molar-refractivity contribution in [2.45, 2.75) is 19.0 Å². The summed E-state index contributed by atoms with van der Waals surface area (Å²) in [5.74, 6) is -0.894. The highest BCUT2D eigenvalue weighted by Gasteiger charge is 2.19. The lowest BCUT2D eigenvalue weighted by molar-refractivity contribution is -0.123. The molecule has 1 atom stereocenters. The van der Waals surface area contributed by atoms with Gasteiger partial charge in [-0.3, -0.25) is 4.79 Å². The number of hydrogen-bond acceptors (Lipinski definition) is 2. The molecule has 1 unspecified atom stereocenters. The van der Waals surface area contributed by atoms with Gasteiger partial charge in [0.1, 0.15) is 11.6 Å². The number of rotatable bonds is 5. The van der Waals surface area contributed by atoms with Gasteiger partial charge in [0.15, 0.2) is 0 Å². The second-order valence-corrected chi connectivity index (χ2v) is 5.06. The van der Waals surface area contributed by atoms with Crippen LogP contribution in [0, 0.1) is 11.6 Å². The van der Waals surface area contributed by atoms with Crippen LogP contribution < -0.4 is 10.6 Å². The van der Waals surface area contributed by atoms with Gasteiger partial charge in [-0.25, -0.2) is 8.78 Å². The molecule has 0 heterocycles. The van der Waals surface area contributed by atoms with E-state index in [2.05, 4.69) is 10.6 Å². The number of carbonyl (C=O) groups is 1. The van der Waals surface area contributed by atoms with Crippen molar-refractivity contribution in [1.82, 2.24) is 10.6 Å². The van der Waals surface area contributed by atoms with Gasteiger partial charge in [-0.2, -0.15) is 0 Å². The van der Waals surface area contributed by atoms with E-state index in [1.807, 2.05) is 0 Å². The molecule has 0 aliphatic rings. The van der Waals surface area contributed by atoms with E-state index < -0.39 is 6.04 Å². The average Bonchev–Trinajstić information content (AvgIpc) is 2.53. The first-order chi connectivity index (χ1) is 10.5. The molecule has 0 saturated carbocycles. The summed E-state index contributed by atoms with van der Waals surface area (Å²) in [6, 6.07) is 10.9. The van der Waals surface area contributed by atoms with E-state index in [1.54, 1.807) is 38.2 Å². The highest BCUT2D eigenvalue weighted by Crippen LogP contribution is 2.23. The number of amides is 1. The summed E-state index contributed by atoms with van der Waals surface area (Å²) < 4.78 is 26.2. The van der Waals surface area contributed by atoms with Crippen molar-refractivity contribution in [3.63, 3.8) is 0 Å². The van der Waals surface area contributed by atoms with Crippen LogP contribution in [0.15, 0.2) is 48.5 Å². The van der Waals surface area contributed by atoms with Crippen LogP contribution in [0.1, 0.15) is 24.1 Å². The van der Waals surface area contributed by atoms with Crippen molar-refractivity contribution in [2.24, 2.45) is 0 Å². The maximum atomic E-state index is 13.1. The number of likely N-dealkylation sites (N-methyl/N-ethyl adjacent to an activating group) is 1. The summed E-state index contributed by atoms with van der Waals surface area (Å²) in [5, 5.41) is 5.75. The molecule has 2 N–H and O–H groups in total. The van der Waals surface area contributed by atoms with Gasteiger partial charge in [-0.05, 0) is 49.4 Å². The molecule has 116 valence electrons. The first-order valence-electron chi connectivity index (χ1n) is 7.00. The molecule has 0 bridgehead atoms. The zero-order valence-corrected chi connectivity index (χ0v) is 12.4. The van der Waals surface area contributed by atoms with Crippen molar-refractivity contribution in [3.8, 4) is 0 Å². The molecule has 0 spiro atoms. The van der Waals surface area contributed by atoms with E-state index in [4.69, 9.17) is 0 Å². The van der Waals surface area contributed by atoms with Crippen LogP contribution >= 0.6 is 0 Å². The topological polar surface area (TPSA) is 41.1 Å². The summed E-state index contributed by atoms with van der Waals surface area (Å²) in [7, 11) is 1.69. The Balaban J connectivity index is 2.33. The third kappa shape index (κ3) is 3.89. The normalized spacial score (nSPS) is 12.2. The molecule has 22 heavy (non-hydrogen) atoms. The van der Waals surface area contributed by atoms with E-state index in [0.29, 0.717) is 0 Å². The first kappa shape index (κ1) is 16.1. The van der Waals surface area contributed by atoms with Crippen LogP contribution in [0.25, 0.3) is 0 Å². The molecule has 0 fully saturated rings. The predicted molar refractivity (Wildman–Crippen MR) is 81.3 cm³/mol. The van der Waals surface area contributed by atoms with Crippen LogP contribution in [0.5, 0.6) is 0 Å². The Labute approximate surface area is 128 Å². The van der Waals surface area contributed by atoms with E-state index in [0.717, 1.165) is 11.1 Å². The number of nitrogens with one attached hydrogen (secondary N) is 2. The number of halogens is 2. The highest BCUT2D eigenvalue weighted by atomic mass is 19.1. The fourth-order valence-electron chi connectivity index (χ4n) is 2.07. The smallest absolute Gasteiger partial charge is 0.237 e. The van der Waals surface area contributed by atoms with Crippen molar-refractivity contribution < 1.29 is 13.6 Å². The predicted octanol–water partition coefficient (Wildman–Crippen LogP) is 2.78. The van der Waals surface area contributed by atoms with Crippen LogP contribution in [0.2, 0.25) is 0 Å². The SMILES string of the molecule is CNC(C)C(=O)NC(c1ccc(F)cc1)c1ccc(F)cc1. The maximum absolute atomic E-state index is 13.1. The van der Waals surface area contributed by atoms with Crippen molar-refractivity contribution >= 4 is 5.91 Å². The van der Waals surface area contributed by atoms with Gasteiger partial charge in [0.05, 0.1) is 12.1 Å². The van der Waals surface area contributed by atoms with E-state index in [9.17, 15) is 13.6 Å². The highest BCUT2D eigenvalue weighted by molar-refractivity contribution is 5.82. The van der Waals surface area contributed by atoms with Crippen LogP contribution in [0.3, 0.4) is 0 Å². The second-order valence-electron chi connectivity index (χ2n) is 5.06. The molecule has 3 nitrogen and oxygen atoms in total. The summed E-state index contributed by atoms with van der Waals surface area (Å²) in [4.78, 5) is 12.1. The molecule has 2 aromatic carbocycles. The zero-order chi connectivity index (χ0) is 16.1. The van der Waals surface area contributed by atoms with E-state index >= 15 is 0 Å². The first-order valence-corrected chi connectivity index (χ1v) is 7.00. The molecule has 0 radical (unpaired) electrons. The Kier molecular flexibility index (Phi) is 5.22. The summed E-state index contributed by atoms with van der Waals surface area (Å²) in [6.45, 7) is 1.74. The Hall–Kier alpha value is -2.27. The van der Waals surface area contributed by atoms with Gasteiger partial charge < -0.3 is 10.6 Å². The third-order valence-electron chi connectivity index (χ3n) is 3.52.